The number of pyridine rings is 1. The average Bonchev–Trinajstić information content (AvgIpc) is 2.80. The monoisotopic (exact) mass is 469 g/mol. The standard InChI is InChI=1S/C24H35N7O3/c1-29(2)12-13-34-20-9-7-17(8-10-20)27-21-14-19(15-26-22(21)23(25)32)31-11-5-6-18(16-31)28-24(33)30(3)4/h7-10,14-15,18,27H,5-6,11-13,16H2,1-4H3,(H2,25,32)(H,28,33). The minimum absolute atomic E-state index is 0.0379. The Morgan fingerprint density at radius 3 is 2.59 bits per heavy atom. The third-order valence-corrected chi connectivity index (χ3v) is 5.57. The fourth-order valence-corrected chi connectivity index (χ4v) is 3.69. The van der Waals surface area contributed by atoms with Crippen molar-refractivity contribution < 1.29 is 14.3 Å². The summed E-state index contributed by atoms with van der Waals surface area (Å²) in [5.74, 6) is 0.168. The summed E-state index contributed by atoms with van der Waals surface area (Å²) in [4.78, 5) is 34.1. The SMILES string of the molecule is CN(C)CCOc1ccc(Nc2cc(N3CCCC(NC(=O)N(C)C)C3)cnc2C(N)=O)cc1. The smallest absolute Gasteiger partial charge is 0.317 e. The maximum atomic E-state index is 12.1. The molecule has 0 aliphatic carbocycles. The lowest BCUT2D eigenvalue weighted by atomic mass is 10.1. The number of primary amides is 1. The number of anilines is 3. The van der Waals surface area contributed by atoms with Crippen molar-refractivity contribution in [2.45, 2.75) is 18.9 Å². The largest absolute Gasteiger partial charge is 0.492 e. The number of benzene rings is 1. The van der Waals surface area contributed by atoms with Gasteiger partial charge in [0.2, 0.25) is 0 Å². The minimum Gasteiger partial charge on any atom is -0.492 e. The molecule has 1 aromatic carbocycles. The lowest BCUT2D eigenvalue weighted by Gasteiger charge is -2.35. The van der Waals surface area contributed by atoms with Crippen molar-refractivity contribution >= 4 is 29.0 Å². The molecule has 3 amide bonds. The van der Waals surface area contributed by atoms with Crippen LogP contribution in [0.2, 0.25) is 0 Å². The number of nitrogens with two attached hydrogens (primary N) is 1. The summed E-state index contributed by atoms with van der Waals surface area (Å²) >= 11 is 0. The van der Waals surface area contributed by atoms with Crippen LogP contribution in [0.1, 0.15) is 23.3 Å². The molecule has 0 bridgehead atoms. The first kappa shape index (κ1) is 25.1. The van der Waals surface area contributed by atoms with Gasteiger partial charge in [-0.1, -0.05) is 0 Å². The number of amides is 3. The van der Waals surface area contributed by atoms with Gasteiger partial charge in [0, 0.05) is 45.5 Å². The molecule has 1 unspecified atom stereocenters. The number of ether oxygens (including phenoxy) is 1. The third-order valence-electron chi connectivity index (χ3n) is 5.57. The predicted molar refractivity (Wildman–Crippen MR) is 134 cm³/mol. The number of carbonyl (C=O) groups is 2. The highest BCUT2D eigenvalue weighted by Crippen LogP contribution is 2.28. The van der Waals surface area contributed by atoms with Crippen molar-refractivity contribution in [1.29, 1.82) is 0 Å². The Labute approximate surface area is 201 Å². The summed E-state index contributed by atoms with van der Waals surface area (Å²) in [5.41, 5.74) is 7.93. The lowest BCUT2D eigenvalue weighted by Crippen LogP contribution is -2.50. The van der Waals surface area contributed by atoms with Crippen molar-refractivity contribution in [1.82, 2.24) is 20.1 Å². The number of hydrogen-bond acceptors (Lipinski definition) is 7. The summed E-state index contributed by atoms with van der Waals surface area (Å²) in [6, 6.07) is 9.34. The van der Waals surface area contributed by atoms with E-state index in [1.54, 1.807) is 20.3 Å². The Morgan fingerprint density at radius 2 is 1.94 bits per heavy atom. The second-order valence-electron chi connectivity index (χ2n) is 8.88. The minimum atomic E-state index is -0.604. The van der Waals surface area contributed by atoms with Gasteiger partial charge in [-0.25, -0.2) is 9.78 Å². The van der Waals surface area contributed by atoms with E-state index in [-0.39, 0.29) is 17.8 Å². The Bertz CT molecular complexity index is 979. The van der Waals surface area contributed by atoms with Gasteiger partial charge in [0.1, 0.15) is 12.4 Å². The van der Waals surface area contributed by atoms with Crippen LogP contribution in [0, 0.1) is 0 Å². The zero-order valence-corrected chi connectivity index (χ0v) is 20.4. The second-order valence-corrected chi connectivity index (χ2v) is 8.88. The number of rotatable bonds is 9. The number of aromatic nitrogens is 1. The fraction of sp³-hybridized carbons (Fsp3) is 0.458. The molecule has 34 heavy (non-hydrogen) atoms. The average molecular weight is 470 g/mol. The van der Waals surface area contributed by atoms with Crippen molar-refractivity contribution in [3.8, 4) is 5.75 Å². The first-order chi connectivity index (χ1) is 16.2. The Hall–Kier alpha value is -3.53. The number of nitrogens with zero attached hydrogens (tertiary/aromatic N) is 4. The number of carbonyl (C=O) groups excluding carboxylic acids is 2. The first-order valence-electron chi connectivity index (χ1n) is 11.4. The summed E-state index contributed by atoms with van der Waals surface area (Å²) < 4.78 is 5.74. The number of piperidine rings is 1. The van der Waals surface area contributed by atoms with Gasteiger partial charge in [-0.05, 0) is 57.3 Å². The van der Waals surface area contributed by atoms with Crippen LogP contribution in [-0.2, 0) is 0 Å². The van der Waals surface area contributed by atoms with Gasteiger partial charge in [-0.3, -0.25) is 4.79 Å². The van der Waals surface area contributed by atoms with E-state index >= 15 is 0 Å². The van der Waals surface area contributed by atoms with E-state index in [1.807, 2.05) is 44.4 Å². The van der Waals surface area contributed by atoms with Gasteiger partial charge in [-0.2, -0.15) is 0 Å². The zero-order chi connectivity index (χ0) is 24.7. The summed E-state index contributed by atoms with van der Waals surface area (Å²) in [6.45, 7) is 2.93. The van der Waals surface area contributed by atoms with Crippen LogP contribution < -0.4 is 26.0 Å². The highest BCUT2D eigenvalue weighted by Gasteiger charge is 2.23. The molecule has 10 nitrogen and oxygen atoms in total. The van der Waals surface area contributed by atoms with Crippen LogP contribution >= 0.6 is 0 Å². The molecule has 184 valence electrons. The molecule has 2 heterocycles. The normalized spacial score (nSPS) is 15.7. The maximum absolute atomic E-state index is 12.1. The zero-order valence-electron chi connectivity index (χ0n) is 20.4. The molecule has 1 saturated heterocycles. The number of nitrogens with one attached hydrogen (secondary N) is 2. The molecule has 4 N–H and O–H groups in total. The first-order valence-corrected chi connectivity index (χ1v) is 11.4. The van der Waals surface area contributed by atoms with Crippen LogP contribution in [0.3, 0.4) is 0 Å². The van der Waals surface area contributed by atoms with E-state index in [0.29, 0.717) is 18.8 Å². The molecule has 0 spiro atoms. The predicted octanol–water partition coefficient (Wildman–Crippen LogP) is 2.10. The highest BCUT2D eigenvalue weighted by atomic mass is 16.5. The van der Waals surface area contributed by atoms with E-state index in [0.717, 1.165) is 43.1 Å². The Balaban J connectivity index is 1.72. The van der Waals surface area contributed by atoms with Gasteiger partial charge in [0.15, 0.2) is 5.69 Å². The summed E-state index contributed by atoms with van der Waals surface area (Å²) in [6.07, 6.45) is 3.51. The van der Waals surface area contributed by atoms with E-state index in [1.165, 1.54) is 4.90 Å². The van der Waals surface area contributed by atoms with E-state index < -0.39 is 5.91 Å². The topological polar surface area (TPSA) is 116 Å². The lowest BCUT2D eigenvalue weighted by molar-refractivity contribution is 0.0996. The van der Waals surface area contributed by atoms with Crippen LogP contribution in [0.4, 0.5) is 21.9 Å². The molecule has 0 radical (unpaired) electrons. The third kappa shape index (κ3) is 6.98. The Morgan fingerprint density at radius 1 is 1.21 bits per heavy atom. The van der Waals surface area contributed by atoms with E-state index in [9.17, 15) is 9.59 Å². The van der Waals surface area contributed by atoms with Crippen LogP contribution in [-0.4, -0.2) is 87.2 Å². The molecule has 1 atom stereocenters. The van der Waals surface area contributed by atoms with Crippen molar-refractivity contribution in [2.24, 2.45) is 5.73 Å². The highest BCUT2D eigenvalue weighted by molar-refractivity contribution is 5.97. The molecule has 0 saturated carbocycles. The second kappa shape index (κ2) is 11.6. The number of hydrogen-bond donors (Lipinski definition) is 3. The molecule has 1 aliphatic heterocycles. The number of urea groups is 1. The van der Waals surface area contributed by atoms with Gasteiger partial charge in [0.25, 0.3) is 5.91 Å². The molecule has 1 aromatic heterocycles. The Kier molecular flexibility index (Phi) is 8.53. The maximum Gasteiger partial charge on any atom is 0.317 e. The molecule has 10 heteroatoms. The molecular formula is C24H35N7O3. The molecule has 3 rings (SSSR count). The van der Waals surface area contributed by atoms with Crippen molar-refractivity contribution in [3.05, 3.63) is 42.2 Å². The van der Waals surface area contributed by atoms with Crippen LogP contribution in [0.5, 0.6) is 5.75 Å². The van der Waals surface area contributed by atoms with Gasteiger partial charge in [-0.15, -0.1) is 0 Å². The number of likely N-dealkylation sites (N-methyl/N-ethyl adjacent to an activating group) is 1. The van der Waals surface area contributed by atoms with Gasteiger partial charge < -0.3 is 35.8 Å². The summed E-state index contributed by atoms with van der Waals surface area (Å²) in [7, 11) is 7.45. The molecule has 2 aromatic rings. The van der Waals surface area contributed by atoms with Crippen molar-refractivity contribution in [2.75, 3.05) is 64.6 Å². The molecule has 1 aliphatic rings. The van der Waals surface area contributed by atoms with Crippen LogP contribution in [0.25, 0.3) is 0 Å². The van der Waals surface area contributed by atoms with Crippen molar-refractivity contribution in [3.63, 3.8) is 0 Å². The summed E-state index contributed by atoms with van der Waals surface area (Å²) in [5, 5.41) is 6.31. The van der Waals surface area contributed by atoms with Gasteiger partial charge >= 0.3 is 6.03 Å². The van der Waals surface area contributed by atoms with Crippen LogP contribution in [0.15, 0.2) is 36.5 Å². The van der Waals surface area contributed by atoms with E-state index in [4.69, 9.17) is 10.5 Å². The fourth-order valence-electron chi connectivity index (χ4n) is 3.69. The quantitative estimate of drug-likeness (QED) is 0.515. The molecule has 1 fully saturated rings. The molecular weight excluding hydrogens is 434 g/mol. The van der Waals surface area contributed by atoms with E-state index in [2.05, 4.69) is 25.4 Å². The van der Waals surface area contributed by atoms with Gasteiger partial charge in [0.05, 0.1) is 17.6 Å².